The maximum absolute atomic E-state index is 12.6. The fourth-order valence-electron chi connectivity index (χ4n) is 2.42. The molecule has 140 valence electrons. The van der Waals surface area contributed by atoms with E-state index < -0.39 is 5.91 Å². The van der Waals surface area contributed by atoms with Crippen LogP contribution in [0.5, 0.6) is 0 Å². The third kappa shape index (κ3) is 5.01. The number of amides is 1. The molecule has 0 radical (unpaired) electrons. The number of nitrogens with one attached hydrogen (secondary N) is 3. The van der Waals surface area contributed by atoms with Crippen molar-refractivity contribution < 1.29 is 4.79 Å². The van der Waals surface area contributed by atoms with E-state index in [1.165, 1.54) is 4.68 Å². The molecule has 0 fully saturated rings. The van der Waals surface area contributed by atoms with Crippen LogP contribution in [0.25, 0.3) is 10.8 Å². The topological polar surface area (TPSA) is 88.1 Å². The molecular weight excluding hydrogens is 350 g/mol. The highest BCUT2D eigenvalue weighted by atomic mass is 32.1. The first-order valence-electron chi connectivity index (χ1n) is 8.47. The Morgan fingerprint density at radius 1 is 1.19 bits per heavy atom. The number of benzene rings is 1. The normalized spacial score (nSPS) is 11.5. The smallest absolute Gasteiger partial charge is 0.290 e. The number of hydrogen-bond donors (Lipinski definition) is 3. The second kappa shape index (κ2) is 7.82. The number of carbonyl (C=O) groups is 1. The van der Waals surface area contributed by atoms with E-state index in [0.29, 0.717) is 22.4 Å². The highest BCUT2D eigenvalue weighted by molar-refractivity contribution is 7.80. The van der Waals surface area contributed by atoms with Crippen molar-refractivity contribution in [3.63, 3.8) is 0 Å². The maximum atomic E-state index is 12.6. The Bertz CT molecular complexity index is 883. The molecule has 0 saturated carbocycles. The molecule has 0 aliphatic carbocycles. The van der Waals surface area contributed by atoms with E-state index in [2.05, 4.69) is 21.3 Å². The molecule has 2 aromatic rings. The van der Waals surface area contributed by atoms with Crippen molar-refractivity contribution in [3.8, 4) is 0 Å². The second-order valence-electron chi connectivity index (χ2n) is 7.56. The Labute approximate surface area is 158 Å². The van der Waals surface area contributed by atoms with E-state index in [0.717, 1.165) is 0 Å². The quantitative estimate of drug-likeness (QED) is 0.561. The fraction of sp³-hybridized carbons (Fsp3) is 0.444. The number of hydrogen-bond acceptors (Lipinski definition) is 4. The van der Waals surface area contributed by atoms with Gasteiger partial charge in [0.25, 0.3) is 11.5 Å². The van der Waals surface area contributed by atoms with E-state index in [1.807, 2.05) is 34.6 Å². The second-order valence-corrected chi connectivity index (χ2v) is 7.97. The average Bonchev–Trinajstić information content (AvgIpc) is 2.53. The molecule has 1 aromatic carbocycles. The van der Waals surface area contributed by atoms with Gasteiger partial charge in [0, 0.05) is 17.5 Å². The lowest BCUT2D eigenvalue weighted by atomic mass is 10.1. The van der Waals surface area contributed by atoms with Gasteiger partial charge >= 0.3 is 0 Å². The minimum Gasteiger partial charge on any atom is -0.357 e. The van der Waals surface area contributed by atoms with Gasteiger partial charge < -0.3 is 5.32 Å². The van der Waals surface area contributed by atoms with Crippen LogP contribution >= 0.6 is 12.2 Å². The minimum atomic E-state index is -0.461. The Kier molecular flexibility index (Phi) is 5.97. The van der Waals surface area contributed by atoms with Gasteiger partial charge in [-0.05, 0) is 45.0 Å². The molecule has 0 bridgehead atoms. The van der Waals surface area contributed by atoms with Crippen LogP contribution in [0.2, 0.25) is 0 Å². The first-order valence-corrected chi connectivity index (χ1v) is 8.87. The largest absolute Gasteiger partial charge is 0.357 e. The summed E-state index contributed by atoms with van der Waals surface area (Å²) in [6.45, 7) is 10.3. The SMILES string of the molecule is CC(C)Cn1nc(C(=O)NNC(=S)NC(C)(C)C)c2ccccc2c1=O. The number of fused-ring (bicyclic) bond motifs is 1. The highest BCUT2D eigenvalue weighted by Crippen LogP contribution is 2.13. The molecule has 0 spiro atoms. The molecule has 1 heterocycles. The van der Waals surface area contributed by atoms with Crippen molar-refractivity contribution in [1.29, 1.82) is 0 Å². The van der Waals surface area contributed by atoms with Crippen LogP contribution in [0.3, 0.4) is 0 Å². The third-order valence-electron chi connectivity index (χ3n) is 3.40. The number of aromatic nitrogens is 2. The molecule has 0 aliphatic heterocycles. The predicted molar refractivity (Wildman–Crippen MR) is 107 cm³/mol. The summed E-state index contributed by atoms with van der Waals surface area (Å²) in [7, 11) is 0. The molecule has 0 atom stereocenters. The summed E-state index contributed by atoms with van der Waals surface area (Å²) in [6.07, 6.45) is 0. The van der Waals surface area contributed by atoms with Crippen LogP contribution < -0.4 is 21.7 Å². The molecule has 8 heteroatoms. The zero-order valence-corrected chi connectivity index (χ0v) is 16.5. The van der Waals surface area contributed by atoms with Gasteiger partial charge in [0.05, 0.1) is 5.39 Å². The van der Waals surface area contributed by atoms with E-state index in [9.17, 15) is 9.59 Å². The number of carbonyl (C=O) groups excluding carboxylic acids is 1. The van der Waals surface area contributed by atoms with Gasteiger partial charge in [-0.1, -0.05) is 32.0 Å². The van der Waals surface area contributed by atoms with Gasteiger partial charge in [0.15, 0.2) is 10.8 Å². The summed E-state index contributed by atoms with van der Waals surface area (Å²) in [5.74, 6) is -0.240. The molecule has 0 unspecified atom stereocenters. The van der Waals surface area contributed by atoms with E-state index in [-0.39, 0.29) is 22.7 Å². The average molecular weight is 375 g/mol. The van der Waals surface area contributed by atoms with Gasteiger partial charge in [0.2, 0.25) is 0 Å². The van der Waals surface area contributed by atoms with Crippen LogP contribution in [0.15, 0.2) is 29.1 Å². The summed E-state index contributed by atoms with van der Waals surface area (Å²) >= 11 is 5.16. The van der Waals surface area contributed by atoms with Crippen molar-refractivity contribution in [2.75, 3.05) is 0 Å². The number of hydrazine groups is 1. The summed E-state index contributed by atoms with van der Waals surface area (Å²) in [4.78, 5) is 25.2. The van der Waals surface area contributed by atoms with E-state index in [1.54, 1.807) is 24.3 Å². The van der Waals surface area contributed by atoms with Crippen LogP contribution in [-0.2, 0) is 6.54 Å². The lowest BCUT2D eigenvalue weighted by molar-refractivity contribution is 0.0937. The standard InChI is InChI=1S/C18H25N5O2S/c1-11(2)10-23-16(25)13-9-7-6-8-12(13)14(22-23)15(24)20-21-17(26)19-18(3,4)5/h6-9,11H,10H2,1-5H3,(H,20,24)(H2,19,21,26). The monoisotopic (exact) mass is 375 g/mol. The maximum Gasteiger partial charge on any atom is 0.290 e. The third-order valence-corrected chi connectivity index (χ3v) is 3.60. The predicted octanol–water partition coefficient (Wildman–Crippen LogP) is 1.96. The van der Waals surface area contributed by atoms with Crippen molar-refractivity contribution in [2.45, 2.75) is 46.7 Å². The summed E-state index contributed by atoms with van der Waals surface area (Å²) in [6, 6.07) is 6.95. The minimum absolute atomic E-state index is 0.173. The molecular formula is C18H25N5O2S. The van der Waals surface area contributed by atoms with Gasteiger partial charge in [-0.25, -0.2) is 4.68 Å². The molecule has 1 amide bonds. The molecule has 3 N–H and O–H groups in total. The summed E-state index contributed by atoms with van der Waals surface area (Å²) in [5.41, 5.74) is 4.95. The van der Waals surface area contributed by atoms with Crippen molar-refractivity contribution in [2.24, 2.45) is 5.92 Å². The summed E-state index contributed by atoms with van der Waals surface area (Å²) in [5, 5.41) is 8.59. The number of nitrogens with zero attached hydrogens (tertiary/aromatic N) is 2. The Balaban J connectivity index is 2.33. The molecule has 7 nitrogen and oxygen atoms in total. The molecule has 1 aromatic heterocycles. The fourth-order valence-corrected chi connectivity index (χ4v) is 2.77. The molecule has 0 aliphatic rings. The Hall–Kier alpha value is -2.48. The van der Waals surface area contributed by atoms with Gasteiger partial charge in [-0.15, -0.1) is 0 Å². The highest BCUT2D eigenvalue weighted by Gasteiger charge is 2.18. The van der Waals surface area contributed by atoms with Gasteiger partial charge in [-0.3, -0.25) is 20.4 Å². The Morgan fingerprint density at radius 2 is 1.81 bits per heavy atom. The molecule has 2 rings (SSSR count). The van der Waals surface area contributed by atoms with Crippen LogP contribution in [-0.4, -0.2) is 26.3 Å². The van der Waals surface area contributed by atoms with Gasteiger partial charge in [-0.2, -0.15) is 5.10 Å². The van der Waals surface area contributed by atoms with Crippen LogP contribution in [0.4, 0.5) is 0 Å². The van der Waals surface area contributed by atoms with Crippen LogP contribution in [0.1, 0.15) is 45.1 Å². The van der Waals surface area contributed by atoms with E-state index in [4.69, 9.17) is 12.2 Å². The summed E-state index contributed by atoms with van der Waals surface area (Å²) < 4.78 is 1.34. The number of rotatable bonds is 3. The van der Waals surface area contributed by atoms with Crippen molar-refractivity contribution in [1.82, 2.24) is 25.9 Å². The van der Waals surface area contributed by atoms with Crippen molar-refractivity contribution in [3.05, 3.63) is 40.3 Å². The molecule has 0 saturated heterocycles. The lowest BCUT2D eigenvalue weighted by Crippen LogP contribution is -2.52. The lowest BCUT2D eigenvalue weighted by Gasteiger charge is -2.23. The molecule has 26 heavy (non-hydrogen) atoms. The van der Waals surface area contributed by atoms with E-state index >= 15 is 0 Å². The zero-order chi connectivity index (χ0) is 19.5. The van der Waals surface area contributed by atoms with Gasteiger partial charge in [0.1, 0.15) is 0 Å². The first-order chi connectivity index (χ1) is 12.1. The Morgan fingerprint density at radius 3 is 2.38 bits per heavy atom. The number of thiocarbonyl (C=S) groups is 1. The van der Waals surface area contributed by atoms with Crippen LogP contribution in [0, 0.1) is 5.92 Å². The van der Waals surface area contributed by atoms with Crippen molar-refractivity contribution >= 4 is 34.0 Å². The zero-order valence-electron chi connectivity index (χ0n) is 15.7. The first kappa shape index (κ1) is 19.8.